The van der Waals surface area contributed by atoms with Gasteiger partial charge in [-0.25, -0.2) is 0 Å². The molecule has 0 unspecified atom stereocenters. The Morgan fingerprint density at radius 2 is 1.05 bits per heavy atom. The van der Waals surface area contributed by atoms with Gasteiger partial charge < -0.3 is 5.11 Å². The summed E-state index contributed by atoms with van der Waals surface area (Å²) in [5.41, 5.74) is 3.81. The fraction of sp³-hybridized carbons (Fsp3) is 0.100. The van der Waals surface area contributed by atoms with Crippen LogP contribution in [-0.2, 0) is 6.42 Å². The van der Waals surface area contributed by atoms with Crippen molar-refractivity contribution in [3.05, 3.63) is 90.5 Å². The molecule has 0 saturated carbocycles. The Bertz CT molecular complexity index is 590. The summed E-state index contributed by atoms with van der Waals surface area (Å²) < 4.78 is 0. The lowest BCUT2D eigenvalue weighted by atomic mass is 10.1. The van der Waals surface area contributed by atoms with E-state index in [1.165, 1.54) is 16.7 Å². The van der Waals surface area contributed by atoms with E-state index in [1.54, 1.807) is 12.1 Å². The highest BCUT2D eigenvalue weighted by atomic mass is 16.3. The van der Waals surface area contributed by atoms with Crippen LogP contribution in [0.2, 0.25) is 0 Å². The van der Waals surface area contributed by atoms with Crippen LogP contribution in [0.1, 0.15) is 12.5 Å². The first-order valence-electron chi connectivity index (χ1n) is 7.18. The van der Waals surface area contributed by atoms with Gasteiger partial charge in [-0.05, 0) is 35.2 Å². The molecule has 0 aliphatic carbocycles. The fourth-order valence-corrected chi connectivity index (χ4v) is 1.99. The Morgan fingerprint density at radius 3 is 1.43 bits per heavy atom. The van der Waals surface area contributed by atoms with Crippen molar-refractivity contribution in [2.24, 2.45) is 0 Å². The maximum Gasteiger partial charge on any atom is 0.115 e. The van der Waals surface area contributed by atoms with Gasteiger partial charge in [-0.15, -0.1) is 0 Å². The van der Waals surface area contributed by atoms with Gasteiger partial charge in [0.2, 0.25) is 0 Å². The molecule has 0 aliphatic rings. The van der Waals surface area contributed by atoms with Gasteiger partial charge in [0.15, 0.2) is 0 Å². The van der Waals surface area contributed by atoms with Gasteiger partial charge >= 0.3 is 0 Å². The first kappa shape index (κ1) is 14.9. The largest absolute Gasteiger partial charge is 0.508 e. The molecule has 0 atom stereocenters. The van der Waals surface area contributed by atoms with Crippen LogP contribution in [0, 0.1) is 0 Å². The van der Waals surface area contributed by atoms with E-state index >= 15 is 0 Å². The summed E-state index contributed by atoms with van der Waals surface area (Å²) in [6.07, 6.45) is 1.03. The number of phenols is 1. The summed E-state index contributed by atoms with van der Waals surface area (Å²) in [4.78, 5) is 0. The van der Waals surface area contributed by atoms with E-state index in [4.69, 9.17) is 5.11 Å². The standard InChI is InChI=1S/C12H10.C8H10O/c1-3-7-11(8-4-1)12-9-5-2-6-10-12;1-2-7-3-5-8(9)6-4-7/h1-10H;3-6,9H,2H2,1H3. The summed E-state index contributed by atoms with van der Waals surface area (Å²) in [5.74, 6) is 0.340. The van der Waals surface area contributed by atoms with Gasteiger partial charge in [-0.3, -0.25) is 0 Å². The Morgan fingerprint density at radius 1 is 0.619 bits per heavy atom. The molecule has 1 heteroatoms. The smallest absolute Gasteiger partial charge is 0.115 e. The summed E-state index contributed by atoms with van der Waals surface area (Å²) in [6.45, 7) is 2.09. The Kier molecular flexibility index (Phi) is 5.60. The Balaban J connectivity index is 0.000000161. The van der Waals surface area contributed by atoms with Gasteiger partial charge in [0, 0.05) is 0 Å². The zero-order chi connectivity index (χ0) is 14.9. The predicted octanol–water partition coefficient (Wildman–Crippen LogP) is 5.31. The van der Waals surface area contributed by atoms with E-state index in [0.717, 1.165) is 6.42 Å². The molecule has 0 aromatic heterocycles. The predicted molar refractivity (Wildman–Crippen MR) is 89.4 cm³/mol. The first-order valence-corrected chi connectivity index (χ1v) is 7.18. The van der Waals surface area contributed by atoms with E-state index in [1.807, 2.05) is 24.3 Å². The summed E-state index contributed by atoms with van der Waals surface area (Å²) in [7, 11) is 0. The van der Waals surface area contributed by atoms with E-state index in [9.17, 15) is 0 Å². The van der Waals surface area contributed by atoms with Crippen LogP contribution in [0.3, 0.4) is 0 Å². The number of hydrogen-bond acceptors (Lipinski definition) is 1. The van der Waals surface area contributed by atoms with E-state index in [2.05, 4.69) is 55.5 Å². The highest BCUT2D eigenvalue weighted by Crippen LogP contribution is 2.17. The van der Waals surface area contributed by atoms with Gasteiger partial charge in [0.1, 0.15) is 5.75 Å². The molecule has 0 aliphatic heterocycles. The molecule has 0 spiro atoms. The molecule has 0 saturated heterocycles. The van der Waals surface area contributed by atoms with Crippen molar-refractivity contribution >= 4 is 0 Å². The zero-order valence-electron chi connectivity index (χ0n) is 12.2. The summed E-state index contributed by atoms with van der Waals surface area (Å²) in [5, 5.41) is 8.85. The van der Waals surface area contributed by atoms with Crippen LogP contribution >= 0.6 is 0 Å². The number of phenolic OH excluding ortho intramolecular Hbond substituents is 1. The van der Waals surface area contributed by atoms with Crippen molar-refractivity contribution in [3.63, 3.8) is 0 Å². The molecule has 0 bridgehead atoms. The number of rotatable bonds is 2. The number of hydrogen-bond donors (Lipinski definition) is 1. The third-order valence-electron chi connectivity index (χ3n) is 3.23. The topological polar surface area (TPSA) is 20.2 Å². The minimum atomic E-state index is 0.340. The van der Waals surface area contributed by atoms with Crippen molar-refractivity contribution in [3.8, 4) is 16.9 Å². The third kappa shape index (κ3) is 4.81. The number of aromatic hydroxyl groups is 1. The van der Waals surface area contributed by atoms with Crippen molar-refractivity contribution in [1.82, 2.24) is 0 Å². The van der Waals surface area contributed by atoms with E-state index < -0.39 is 0 Å². The second-order valence-electron chi connectivity index (χ2n) is 4.75. The first-order chi connectivity index (χ1) is 10.3. The van der Waals surface area contributed by atoms with Gasteiger partial charge in [-0.1, -0.05) is 79.7 Å². The van der Waals surface area contributed by atoms with Crippen molar-refractivity contribution in [2.45, 2.75) is 13.3 Å². The molecular weight excluding hydrogens is 256 g/mol. The maximum absolute atomic E-state index is 8.85. The Labute approximate surface area is 126 Å². The van der Waals surface area contributed by atoms with Crippen LogP contribution in [0.4, 0.5) is 0 Å². The Hall–Kier alpha value is -2.54. The molecular formula is C20H20O. The van der Waals surface area contributed by atoms with Gasteiger partial charge in [-0.2, -0.15) is 0 Å². The molecule has 1 N–H and O–H groups in total. The summed E-state index contributed by atoms with van der Waals surface area (Å²) in [6, 6.07) is 28.0. The molecule has 106 valence electrons. The molecule has 21 heavy (non-hydrogen) atoms. The molecule has 1 nitrogen and oxygen atoms in total. The van der Waals surface area contributed by atoms with Crippen LogP contribution < -0.4 is 0 Å². The van der Waals surface area contributed by atoms with Crippen molar-refractivity contribution in [1.29, 1.82) is 0 Å². The minimum Gasteiger partial charge on any atom is -0.508 e. The zero-order valence-corrected chi connectivity index (χ0v) is 12.2. The molecule has 3 aromatic rings. The lowest BCUT2D eigenvalue weighted by Crippen LogP contribution is -1.75. The monoisotopic (exact) mass is 276 g/mol. The van der Waals surface area contributed by atoms with Crippen LogP contribution in [0.5, 0.6) is 5.75 Å². The lowest BCUT2D eigenvalue weighted by molar-refractivity contribution is 0.475. The minimum absolute atomic E-state index is 0.340. The summed E-state index contributed by atoms with van der Waals surface area (Å²) >= 11 is 0. The lowest BCUT2D eigenvalue weighted by Gasteiger charge is -1.98. The van der Waals surface area contributed by atoms with Crippen LogP contribution in [0.25, 0.3) is 11.1 Å². The number of aryl methyl sites for hydroxylation is 1. The second-order valence-corrected chi connectivity index (χ2v) is 4.75. The SMILES string of the molecule is CCc1ccc(O)cc1.c1ccc(-c2ccccc2)cc1. The van der Waals surface area contributed by atoms with Crippen molar-refractivity contribution < 1.29 is 5.11 Å². The van der Waals surface area contributed by atoms with Crippen LogP contribution in [0.15, 0.2) is 84.9 Å². The van der Waals surface area contributed by atoms with Crippen molar-refractivity contribution in [2.75, 3.05) is 0 Å². The molecule has 3 rings (SSSR count). The fourth-order valence-electron chi connectivity index (χ4n) is 1.99. The maximum atomic E-state index is 8.85. The quantitative estimate of drug-likeness (QED) is 0.672. The van der Waals surface area contributed by atoms with E-state index in [-0.39, 0.29) is 0 Å². The van der Waals surface area contributed by atoms with Gasteiger partial charge in [0.25, 0.3) is 0 Å². The average Bonchev–Trinajstić information content (AvgIpc) is 2.58. The molecule has 0 amide bonds. The van der Waals surface area contributed by atoms with Gasteiger partial charge in [0.05, 0.1) is 0 Å². The molecule has 0 radical (unpaired) electrons. The highest BCUT2D eigenvalue weighted by Gasteiger charge is 1.91. The van der Waals surface area contributed by atoms with Crippen LogP contribution in [-0.4, -0.2) is 5.11 Å². The average molecular weight is 276 g/mol. The third-order valence-corrected chi connectivity index (χ3v) is 3.23. The molecule has 3 aromatic carbocycles. The normalized spacial score (nSPS) is 9.57. The highest BCUT2D eigenvalue weighted by molar-refractivity contribution is 5.62. The molecule has 0 heterocycles. The van der Waals surface area contributed by atoms with E-state index in [0.29, 0.717) is 5.75 Å². The number of benzene rings is 3. The second kappa shape index (κ2) is 7.91. The molecule has 0 fully saturated rings.